The average Bonchev–Trinajstić information content (AvgIpc) is 3.45. The minimum Gasteiger partial charge on any atom is -0.349 e. The maximum Gasteiger partial charge on any atom is 0.252 e. The third kappa shape index (κ3) is 4.33. The molecule has 1 aliphatic heterocycles. The Morgan fingerprint density at radius 2 is 1.90 bits per heavy atom. The van der Waals surface area contributed by atoms with Crippen molar-refractivity contribution in [1.82, 2.24) is 25.0 Å². The molecule has 2 aromatic heterocycles. The molecule has 1 N–H and O–H groups in total. The number of carbonyl (C=O) groups is 1. The average molecular weight is 420 g/mol. The first-order valence-electron chi connectivity index (χ1n) is 10.9. The van der Waals surface area contributed by atoms with E-state index in [4.69, 9.17) is 10.1 Å². The number of nitrogens with zero attached hydrogens (tertiary/aromatic N) is 4. The van der Waals surface area contributed by atoms with Gasteiger partial charge in [0.25, 0.3) is 12.3 Å². The van der Waals surface area contributed by atoms with E-state index in [-0.39, 0.29) is 24.0 Å². The van der Waals surface area contributed by atoms with E-state index >= 15 is 0 Å². The number of hydrogen-bond acceptors (Lipinski definition) is 4. The summed E-state index contributed by atoms with van der Waals surface area (Å²) in [6.07, 6.45) is 1.25. The number of fused-ring (bicyclic) bond motifs is 1. The van der Waals surface area contributed by atoms with Crippen LogP contribution in [0, 0.1) is 6.92 Å². The van der Waals surface area contributed by atoms with Crippen LogP contribution < -0.4 is 5.32 Å². The Kier molecular flexibility index (Phi) is 5.55. The Balaban J connectivity index is 1.60. The lowest BCUT2D eigenvalue weighted by atomic mass is 10.0. The minimum atomic E-state index is -2.32. The fraction of sp³-hybridized carbons (Fsp3) is 0.682. The monoisotopic (exact) mass is 419 g/mol. The van der Waals surface area contributed by atoms with Crippen molar-refractivity contribution in [1.29, 1.82) is 0 Å². The fourth-order valence-corrected chi connectivity index (χ4v) is 4.26. The molecule has 2 fully saturated rings. The summed E-state index contributed by atoms with van der Waals surface area (Å²) in [5, 5.41) is 8.66. The van der Waals surface area contributed by atoms with Crippen LogP contribution in [0.3, 0.4) is 0 Å². The van der Waals surface area contributed by atoms with Crippen LogP contribution in [-0.4, -0.2) is 57.7 Å². The van der Waals surface area contributed by atoms with Crippen molar-refractivity contribution in [3.05, 3.63) is 23.0 Å². The molecule has 1 aliphatic carbocycles. The lowest BCUT2D eigenvalue weighted by molar-refractivity contribution is 0.0696. The molecule has 1 saturated carbocycles. The largest absolute Gasteiger partial charge is 0.349 e. The molecule has 6 nitrogen and oxygen atoms in total. The number of aryl methyl sites for hydroxylation is 1. The second-order valence-corrected chi connectivity index (χ2v) is 9.68. The molecule has 0 atom stereocenters. The summed E-state index contributed by atoms with van der Waals surface area (Å²) in [6, 6.07) is 1.93. The Bertz CT molecular complexity index is 937. The fourth-order valence-electron chi connectivity index (χ4n) is 4.26. The number of alkyl halides is 2. The second kappa shape index (κ2) is 7.87. The lowest BCUT2D eigenvalue weighted by Crippen LogP contribution is -2.45. The van der Waals surface area contributed by atoms with Gasteiger partial charge in [0, 0.05) is 30.7 Å². The number of rotatable bonds is 5. The van der Waals surface area contributed by atoms with Gasteiger partial charge in [-0.1, -0.05) is 0 Å². The molecule has 2 aromatic rings. The van der Waals surface area contributed by atoms with Crippen molar-refractivity contribution < 1.29 is 13.6 Å². The summed E-state index contributed by atoms with van der Waals surface area (Å²) in [4.78, 5) is 19.9. The summed E-state index contributed by atoms with van der Waals surface area (Å²) < 4.78 is 27.1. The van der Waals surface area contributed by atoms with E-state index in [1.165, 1.54) is 0 Å². The van der Waals surface area contributed by atoms with E-state index in [1.54, 1.807) is 4.90 Å². The molecular formula is C22H31F2N5O. The van der Waals surface area contributed by atoms with Crippen LogP contribution in [0.2, 0.25) is 0 Å². The number of pyridine rings is 1. The normalized spacial score (nSPS) is 19.0. The maximum atomic E-state index is 13.3. The van der Waals surface area contributed by atoms with Gasteiger partial charge in [0.05, 0.1) is 28.7 Å². The summed E-state index contributed by atoms with van der Waals surface area (Å²) in [7, 11) is 0. The number of nitrogens with one attached hydrogen (secondary N) is 1. The molecule has 1 amide bonds. The van der Waals surface area contributed by atoms with E-state index < -0.39 is 6.43 Å². The van der Waals surface area contributed by atoms with Crippen molar-refractivity contribution in [2.24, 2.45) is 0 Å². The van der Waals surface area contributed by atoms with Crippen LogP contribution in [0.5, 0.6) is 0 Å². The first kappa shape index (κ1) is 21.2. The van der Waals surface area contributed by atoms with Gasteiger partial charge < -0.3 is 5.32 Å². The Morgan fingerprint density at radius 3 is 2.47 bits per heavy atom. The van der Waals surface area contributed by atoms with Crippen LogP contribution in [0.4, 0.5) is 8.78 Å². The zero-order valence-electron chi connectivity index (χ0n) is 18.2. The van der Waals surface area contributed by atoms with Crippen molar-refractivity contribution in [3.63, 3.8) is 0 Å². The Hall–Kier alpha value is -2.09. The van der Waals surface area contributed by atoms with Crippen molar-refractivity contribution in [2.45, 2.75) is 77.3 Å². The molecule has 0 unspecified atom stereocenters. The molecule has 2 aliphatic rings. The Labute approximate surface area is 176 Å². The van der Waals surface area contributed by atoms with E-state index in [2.05, 4.69) is 26.1 Å². The van der Waals surface area contributed by atoms with Gasteiger partial charge in [0.2, 0.25) is 0 Å². The number of carbonyl (C=O) groups excluding carboxylic acids is 1. The van der Waals surface area contributed by atoms with Gasteiger partial charge in [0.1, 0.15) is 0 Å². The highest BCUT2D eigenvalue weighted by atomic mass is 19.3. The van der Waals surface area contributed by atoms with E-state index in [0.717, 1.165) is 35.3 Å². The molecule has 4 rings (SSSR count). The predicted octanol–water partition coefficient (Wildman–Crippen LogP) is 3.83. The van der Waals surface area contributed by atoms with Crippen molar-refractivity contribution >= 4 is 16.9 Å². The minimum absolute atomic E-state index is 0.00280. The highest BCUT2D eigenvalue weighted by molar-refractivity contribution is 6.06. The molecule has 0 radical (unpaired) electrons. The zero-order valence-corrected chi connectivity index (χ0v) is 18.2. The third-order valence-corrected chi connectivity index (χ3v) is 6.03. The first-order valence-corrected chi connectivity index (χ1v) is 10.9. The van der Waals surface area contributed by atoms with Crippen molar-refractivity contribution in [2.75, 3.05) is 19.6 Å². The standard InChI is InChI=1S/C22H31F2N5O/c1-13-19-16(21(30)25-15-7-9-28(10-8-15)12-18(23)24)11-17(14-5-6-14)26-20(19)29(27-13)22(2,3)4/h11,14-15,18H,5-10,12H2,1-4H3,(H,25,30). The molecule has 30 heavy (non-hydrogen) atoms. The highest BCUT2D eigenvalue weighted by Gasteiger charge is 2.31. The summed E-state index contributed by atoms with van der Waals surface area (Å²) >= 11 is 0. The number of piperidine rings is 1. The molecular weight excluding hydrogens is 388 g/mol. The van der Waals surface area contributed by atoms with Gasteiger partial charge in [0.15, 0.2) is 5.65 Å². The van der Waals surface area contributed by atoms with Crippen LogP contribution in [0.25, 0.3) is 11.0 Å². The SMILES string of the molecule is Cc1nn(C(C)(C)C)c2nc(C3CC3)cc(C(=O)NC3CCN(CC(F)F)CC3)c12. The molecule has 1 saturated heterocycles. The third-order valence-electron chi connectivity index (χ3n) is 6.03. The molecule has 3 heterocycles. The molecule has 0 bridgehead atoms. The van der Waals surface area contributed by atoms with Crippen LogP contribution >= 0.6 is 0 Å². The van der Waals surface area contributed by atoms with Gasteiger partial charge in [-0.25, -0.2) is 18.4 Å². The Morgan fingerprint density at radius 1 is 1.23 bits per heavy atom. The van der Waals surface area contributed by atoms with Gasteiger partial charge in [-0.15, -0.1) is 0 Å². The summed E-state index contributed by atoms with van der Waals surface area (Å²) in [6.45, 7) is 9.13. The van der Waals surface area contributed by atoms with E-state index in [1.807, 2.05) is 17.7 Å². The summed E-state index contributed by atoms with van der Waals surface area (Å²) in [5.41, 5.74) is 2.91. The lowest BCUT2D eigenvalue weighted by Gasteiger charge is -2.32. The number of likely N-dealkylation sites (tertiary alicyclic amines) is 1. The summed E-state index contributed by atoms with van der Waals surface area (Å²) in [5.74, 6) is 0.301. The number of halogens is 2. The van der Waals surface area contributed by atoms with Gasteiger partial charge in [-0.05, 0) is 59.4 Å². The predicted molar refractivity (Wildman–Crippen MR) is 112 cm³/mol. The molecule has 0 spiro atoms. The number of aromatic nitrogens is 3. The second-order valence-electron chi connectivity index (χ2n) is 9.68. The smallest absolute Gasteiger partial charge is 0.252 e. The number of hydrogen-bond donors (Lipinski definition) is 1. The quantitative estimate of drug-likeness (QED) is 0.800. The molecule has 164 valence electrons. The molecule has 8 heteroatoms. The van der Waals surface area contributed by atoms with Crippen LogP contribution in [0.15, 0.2) is 6.07 Å². The van der Waals surface area contributed by atoms with Crippen molar-refractivity contribution in [3.8, 4) is 0 Å². The van der Waals surface area contributed by atoms with Gasteiger partial charge >= 0.3 is 0 Å². The number of amides is 1. The van der Waals surface area contributed by atoms with E-state index in [0.29, 0.717) is 37.4 Å². The maximum absolute atomic E-state index is 13.3. The van der Waals surface area contributed by atoms with Crippen LogP contribution in [0.1, 0.15) is 74.1 Å². The van der Waals surface area contributed by atoms with Crippen LogP contribution in [-0.2, 0) is 5.54 Å². The first-order chi connectivity index (χ1) is 14.1. The molecule has 0 aromatic carbocycles. The topological polar surface area (TPSA) is 63.1 Å². The highest BCUT2D eigenvalue weighted by Crippen LogP contribution is 2.41. The van der Waals surface area contributed by atoms with Gasteiger partial charge in [-0.3, -0.25) is 9.69 Å². The van der Waals surface area contributed by atoms with E-state index in [9.17, 15) is 13.6 Å². The zero-order chi connectivity index (χ0) is 21.6. The van der Waals surface area contributed by atoms with Gasteiger partial charge in [-0.2, -0.15) is 5.10 Å².